The Morgan fingerprint density at radius 1 is 1.26 bits per heavy atom. The molecule has 1 aliphatic carbocycles. The molecule has 2 fully saturated rings. The zero-order valence-electron chi connectivity index (χ0n) is 16.2. The topological polar surface area (TPSA) is 75.7 Å². The maximum Gasteiger partial charge on any atom is 0.253 e. The van der Waals surface area contributed by atoms with Crippen molar-refractivity contribution < 1.29 is 17.9 Å². The van der Waals surface area contributed by atoms with Crippen LogP contribution in [0.1, 0.15) is 55.8 Å². The van der Waals surface area contributed by atoms with Crippen molar-refractivity contribution in [2.75, 3.05) is 26.7 Å². The highest BCUT2D eigenvalue weighted by Gasteiger charge is 2.46. The van der Waals surface area contributed by atoms with Crippen LogP contribution in [0.3, 0.4) is 0 Å². The lowest BCUT2D eigenvalue weighted by Gasteiger charge is -2.43. The van der Waals surface area contributed by atoms with Gasteiger partial charge < -0.3 is 9.64 Å². The number of methoxy groups -OCH3 is 1. The molecule has 0 unspecified atom stereocenters. The molecule has 2 aliphatic rings. The van der Waals surface area contributed by atoms with Gasteiger partial charge in [0.05, 0.1) is 11.0 Å². The third kappa shape index (κ3) is 4.20. The summed E-state index contributed by atoms with van der Waals surface area (Å²) < 4.78 is 32.6. The van der Waals surface area contributed by atoms with Crippen molar-refractivity contribution in [3.8, 4) is 0 Å². The summed E-state index contributed by atoms with van der Waals surface area (Å²) in [5.74, 6) is -0.0266. The molecule has 6 nitrogen and oxygen atoms in total. The van der Waals surface area contributed by atoms with E-state index in [1.54, 1.807) is 19.2 Å². The SMILES string of the molecule is CCCNS(=O)(=O)c1ccc(C(=O)N2CCC[C@@]3(CCC[C@H]3OC)C2)cc1. The van der Waals surface area contributed by atoms with E-state index in [9.17, 15) is 13.2 Å². The first-order valence-electron chi connectivity index (χ1n) is 9.84. The Morgan fingerprint density at radius 2 is 1.96 bits per heavy atom. The maximum absolute atomic E-state index is 13.0. The van der Waals surface area contributed by atoms with Crippen LogP contribution in [-0.2, 0) is 14.8 Å². The van der Waals surface area contributed by atoms with Gasteiger partial charge in [0.15, 0.2) is 0 Å². The molecule has 0 aromatic heterocycles. The number of piperidine rings is 1. The molecular formula is C20H30N2O4S. The molecule has 1 saturated carbocycles. The molecule has 1 amide bonds. The molecule has 1 aliphatic heterocycles. The van der Waals surface area contributed by atoms with Crippen LogP contribution in [0.25, 0.3) is 0 Å². The molecule has 150 valence electrons. The van der Waals surface area contributed by atoms with Gasteiger partial charge in [-0.15, -0.1) is 0 Å². The van der Waals surface area contributed by atoms with E-state index in [1.807, 2.05) is 11.8 Å². The number of likely N-dealkylation sites (tertiary alicyclic amines) is 1. The molecule has 2 atom stereocenters. The van der Waals surface area contributed by atoms with Crippen molar-refractivity contribution in [1.29, 1.82) is 0 Å². The van der Waals surface area contributed by atoms with Crippen LogP contribution in [0.4, 0.5) is 0 Å². The van der Waals surface area contributed by atoms with E-state index in [0.717, 1.165) is 51.6 Å². The Morgan fingerprint density at radius 3 is 2.63 bits per heavy atom. The normalized spacial score (nSPS) is 25.9. The minimum absolute atomic E-state index is 0.0266. The summed E-state index contributed by atoms with van der Waals surface area (Å²) in [6.45, 7) is 3.78. The van der Waals surface area contributed by atoms with Gasteiger partial charge >= 0.3 is 0 Å². The Hall–Kier alpha value is -1.44. The largest absolute Gasteiger partial charge is 0.381 e. The zero-order chi connectivity index (χ0) is 19.5. The molecule has 1 aromatic carbocycles. The minimum atomic E-state index is -3.51. The van der Waals surface area contributed by atoms with Crippen molar-refractivity contribution in [2.45, 2.75) is 56.4 Å². The summed E-state index contributed by atoms with van der Waals surface area (Å²) in [5.41, 5.74) is 0.615. The van der Waals surface area contributed by atoms with Crippen molar-refractivity contribution >= 4 is 15.9 Å². The van der Waals surface area contributed by atoms with Crippen LogP contribution in [0.5, 0.6) is 0 Å². The minimum Gasteiger partial charge on any atom is -0.381 e. The van der Waals surface area contributed by atoms with E-state index in [-0.39, 0.29) is 22.3 Å². The molecule has 0 bridgehead atoms. The Kier molecular flexibility index (Phi) is 6.23. The van der Waals surface area contributed by atoms with Gasteiger partial charge in [0.1, 0.15) is 0 Å². The number of rotatable bonds is 6. The van der Waals surface area contributed by atoms with Crippen molar-refractivity contribution in [2.24, 2.45) is 5.41 Å². The molecule has 1 heterocycles. The van der Waals surface area contributed by atoms with Gasteiger partial charge in [0, 0.05) is 37.7 Å². The number of hydrogen-bond donors (Lipinski definition) is 1. The van der Waals surface area contributed by atoms with Crippen LogP contribution < -0.4 is 4.72 Å². The first kappa shape index (κ1) is 20.3. The van der Waals surface area contributed by atoms with Gasteiger partial charge in [-0.1, -0.05) is 13.3 Å². The number of ether oxygens (including phenoxy) is 1. The number of carbonyl (C=O) groups is 1. The van der Waals surface area contributed by atoms with Crippen molar-refractivity contribution in [1.82, 2.24) is 9.62 Å². The van der Waals surface area contributed by atoms with E-state index < -0.39 is 10.0 Å². The second kappa shape index (κ2) is 8.29. The van der Waals surface area contributed by atoms with Gasteiger partial charge in [-0.2, -0.15) is 0 Å². The van der Waals surface area contributed by atoms with E-state index in [4.69, 9.17) is 4.74 Å². The predicted molar refractivity (Wildman–Crippen MR) is 104 cm³/mol. The smallest absolute Gasteiger partial charge is 0.253 e. The average Bonchev–Trinajstić information content (AvgIpc) is 3.07. The molecular weight excluding hydrogens is 364 g/mol. The Labute approximate surface area is 162 Å². The van der Waals surface area contributed by atoms with E-state index >= 15 is 0 Å². The highest BCUT2D eigenvalue weighted by Crippen LogP contribution is 2.46. The van der Waals surface area contributed by atoms with Gasteiger partial charge in [-0.3, -0.25) is 4.79 Å². The van der Waals surface area contributed by atoms with E-state index in [1.165, 1.54) is 12.1 Å². The van der Waals surface area contributed by atoms with Gasteiger partial charge in [0.25, 0.3) is 5.91 Å². The number of nitrogens with zero attached hydrogens (tertiary/aromatic N) is 1. The monoisotopic (exact) mass is 394 g/mol. The van der Waals surface area contributed by atoms with Crippen LogP contribution in [0.15, 0.2) is 29.2 Å². The summed E-state index contributed by atoms with van der Waals surface area (Å²) in [6.07, 6.45) is 6.37. The standard InChI is InChI=1S/C20H30N2O4S/c1-3-13-21-27(24,25)17-9-7-16(8-10-17)19(23)22-14-5-12-20(15-22)11-4-6-18(20)26-2/h7-10,18,21H,3-6,11-15H2,1-2H3/t18-,20+/m1/s1. The number of benzene rings is 1. The quantitative estimate of drug-likeness (QED) is 0.805. The summed E-state index contributed by atoms with van der Waals surface area (Å²) in [4.78, 5) is 15.1. The third-order valence-corrected chi connectivity index (χ3v) is 7.43. The highest BCUT2D eigenvalue weighted by molar-refractivity contribution is 7.89. The molecule has 1 N–H and O–H groups in total. The van der Waals surface area contributed by atoms with Crippen LogP contribution in [0.2, 0.25) is 0 Å². The van der Waals surface area contributed by atoms with Crippen molar-refractivity contribution in [3.63, 3.8) is 0 Å². The van der Waals surface area contributed by atoms with E-state index in [2.05, 4.69) is 4.72 Å². The fourth-order valence-corrected chi connectivity index (χ4v) is 5.69. The van der Waals surface area contributed by atoms with Crippen LogP contribution >= 0.6 is 0 Å². The second-order valence-corrected chi connectivity index (χ2v) is 9.50. The van der Waals surface area contributed by atoms with Crippen LogP contribution in [0, 0.1) is 5.41 Å². The lowest BCUT2D eigenvalue weighted by molar-refractivity contribution is -0.0295. The molecule has 27 heavy (non-hydrogen) atoms. The zero-order valence-corrected chi connectivity index (χ0v) is 17.1. The molecule has 1 aromatic rings. The number of hydrogen-bond acceptors (Lipinski definition) is 4. The van der Waals surface area contributed by atoms with Crippen LogP contribution in [-0.4, -0.2) is 52.1 Å². The summed E-state index contributed by atoms with van der Waals surface area (Å²) >= 11 is 0. The molecule has 3 rings (SSSR count). The first-order chi connectivity index (χ1) is 12.9. The Balaban J connectivity index is 1.72. The lowest BCUT2D eigenvalue weighted by atomic mass is 9.76. The summed E-state index contributed by atoms with van der Waals surface area (Å²) in [7, 11) is -1.74. The van der Waals surface area contributed by atoms with Gasteiger partial charge in [0.2, 0.25) is 10.0 Å². The summed E-state index contributed by atoms with van der Waals surface area (Å²) in [6, 6.07) is 6.26. The molecule has 1 spiro atoms. The van der Waals surface area contributed by atoms with Crippen molar-refractivity contribution in [3.05, 3.63) is 29.8 Å². The average molecular weight is 395 g/mol. The summed E-state index contributed by atoms with van der Waals surface area (Å²) in [5, 5.41) is 0. The predicted octanol–water partition coefficient (Wildman–Crippen LogP) is 2.80. The number of carbonyl (C=O) groups excluding carboxylic acids is 1. The lowest BCUT2D eigenvalue weighted by Crippen LogP contribution is -2.49. The third-order valence-electron chi connectivity index (χ3n) is 5.96. The highest BCUT2D eigenvalue weighted by atomic mass is 32.2. The maximum atomic E-state index is 13.0. The number of sulfonamides is 1. The fourth-order valence-electron chi connectivity index (χ4n) is 4.55. The van der Waals surface area contributed by atoms with Gasteiger partial charge in [-0.25, -0.2) is 13.1 Å². The van der Waals surface area contributed by atoms with Gasteiger partial charge in [-0.05, 0) is 56.4 Å². The fraction of sp³-hybridized carbons (Fsp3) is 0.650. The number of amides is 1. The number of nitrogens with one attached hydrogen (secondary N) is 1. The molecule has 7 heteroatoms. The molecule has 1 saturated heterocycles. The Bertz CT molecular complexity index is 763. The first-order valence-corrected chi connectivity index (χ1v) is 11.3. The molecule has 0 radical (unpaired) electrons. The van der Waals surface area contributed by atoms with E-state index in [0.29, 0.717) is 12.1 Å². The second-order valence-electron chi connectivity index (χ2n) is 7.73.